The number of aromatic nitrogens is 6. The van der Waals surface area contributed by atoms with Crippen molar-refractivity contribution in [2.24, 2.45) is 7.05 Å². The average Bonchev–Trinajstić information content (AvgIpc) is 3.37. The van der Waals surface area contributed by atoms with E-state index in [1.54, 1.807) is 33.4 Å². The lowest BCUT2D eigenvalue weighted by molar-refractivity contribution is -0.128. The van der Waals surface area contributed by atoms with Crippen LogP contribution in [0.3, 0.4) is 0 Å². The fourth-order valence-corrected chi connectivity index (χ4v) is 4.44. The van der Waals surface area contributed by atoms with E-state index in [-0.39, 0.29) is 23.0 Å². The van der Waals surface area contributed by atoms with Gasteiger partial charge in [0, 0.05) is 20.1 Å². The van der Waals surface area contributed by atoms with Gasteiger partial charge in [0.25, 0.3) is 5.56 Å². The summed E-state index contributed by atoms with van der Waals surface area (Å²) in [4.78, 5) is 27.8. The molecule has 0 saturated heterocycles. The Kier molecular flexibility index (Phi) is 6.92. The third-order valence-corrected chi connectivity index (χ3v) is 6.40. The van der Waals surface area contributed by atoms with Gasteiger partial charge in [-0.05, 0) is 54.1 Å². The van der Waals surface area contributed by atoms with E-state index >= 15 is 0 Å². The van der Waals surface area contributed by atoms with Gasteiger partial charge in [0.15, 0.2) is 5.69 Å². The number of nitrogens with zero attached hydrogens (tertiary/aromatic N) is 7. The van der Waals surface area contributed by atoms with Crippen LogP contribution in [-0.2, 0) is 18.4 Å². The number of amides is 1. The molecule has 9 nitrogen and oxygen atoms in total. The van der Waals surface area contributed by atoms with E-state index in [1.165, 1.54) is 16.8 Å². The predicted octanol–water partition coefficient (Wildman–Crippen LogP) is 2.74. The zero-order valence-corrected chi connectivity index (χ0v) is 19.9. The maximum absolute atomic E-state index is 13.5. The van der Waals surface area contributed by atoms with Crippen molar-refractivity contribution in [1.82, 2.24) is 34.5 Å². The number of hydrogen-bond donors (Lipinski definition) is 0. The standard InChI is InChI=1S/C23H24FN7O2S/c1-4-29(14-17-9-8-10-18(24)13-17)20(32)15-34-23-25-26-27-30(23)21-16(2)28(3)31(22(21)33)19-11-6-5-7-12-19/h5-13H,4,14-15H2,1-3H3. The Labute approximate surface area is 199 Å². The van der Waals surface area contributed by atoms with Crippen molar-refractivity contribution in [3.05, 3.63) is 82.0 Å². The molecule has 0 aliphatic heterocycles. The zero-order valence-electron chi connectivity index (χ0n) is 19.1. The monoisotopic (exact) mass is 481 g/mol. The number of benzene rings is 2. The summed E-state index contributed by atoms with van der Waals surface area (Å²) >= 11 is 1.15. The minimum atomic E-state index is -0.339. The highest BCUT2D eigenvalue weighted by molar-refractivity contribution is 7.99. The number of tetrazole rings is 1. The molecule has 0 atom stereocenters. The highest BCUT2D eigenvalue weighted by Crippen LogP contribution is 2.21. The maximum atomic E-state index is 13.5. The summed E-state index contributed by atoms with van der Waals surface area (Å²) in [5.41, 5.74) is 2.16. The van der Waals surface area contributed by atoms with E-state index < -0.39 is 0 Å². The van der Waals surface area contributed by atoms with E-state index in [0.717, 1.165) is 17.4 Å². The second-order valence-electron chi connectivity index (χ2n) is 7.61. The molecule has 11 heteroatoms. The molecule has 0 fully saturated rings. The minimum absolute atomic E-state index is 0.0717. The van der Waals surface area contributed by atoms with Crippen molar-refractivity contribution in [3.63, 3.8) is 0 Å². The van der Waals surface area contributed by atoms with Crippen molar-refractivity contribution in [1.29, 1.82) is 0 Å². The van der Waals surface area contributed by atoms with Crippen LogP contribution >= 0.6 is 11.8 Å². The van der Waals surface area contributed by atoms with Crippen molar-refractivity contribution >= 4 is 17.7 Å². The van der Waals surface area contributed by atoms with E-state index in [9.17, 15) is 14.0 Å². The van der Waals surface area contributed by atoms with Gasteiger partial charge in [-0.3, -0.25) is 14.3 Å². The molecule has 0 unspecified atom stereocenters. The Morgan fingerprint density at radius 1 is 1.15 bits per heavy atom. The Morgan fingerprint density at radius 2 is 1.91 bits per heavy atom. The number of carbonyl (C=O) groups is 1. The van der Waals surface area contributed by atoms with Crippen LogP contribution in [0.1, 0.15) is 18.2 Å². The highest BCUT2D eigenvalue weighted by Gasteiger charge is 2.23. The molecule has 2 heterocycles. The van der Waals surface area contributed by atoms with Gasteiger partial charge in [-0.15, -0.1) is 5.10 Å². The lowest BCUT2D eigenvalue weighted by atomic mass is 10.2. The summed E-state index contributed by atoms with van der Waals surface area (Å²) < 4.78 is 18.2. The highest BCUT2D eigenvalue weighted by atomic mass is 32.2. The molecule has 2 aromatic heterocycles. The fourth-order valence-electron chi connectivity index (χ4n) is 3.66. The van der Waals surface area contributed by atoms with E-state index in [1.807, 2.05) is 44.2 Å². The first-order valence-electron chi connectivity index (χ1n) is 10.7. The van der Waals surface area contributed by atoms with Crippen molar-refractivity contribution in [2.75, 3.05) is 12.3 Å². The quantitative estimate of drug-likeness (QED) is 0.360. The molecule has 0 saturated carbocycles. The number of thioether (sulfide) groups is 1. The van der Waals surface area contributed by atoms with Crippen LogP contribution in [0.15, 0.2) is 64.5 Å². The molecule has 1 amide bonds. The molecule has 0 N–H and O–H groups in total. The van der Waals surface area contributed by atoms with Gasteiger partial charge in [0.1, 0.15) is 5.82 Å². The number of para-hydroxylation sites is 1. The van der Waals surface area contributed by atoms with Crippen LogP contribution in [0, 0.1) is 12.7 Å². The molecule has 2 aromatic carbocycles. The number of halogens is 1. The SMILES string of the molecule is CCN(Cc1cccc(F)c1)C(=O)CSc1nnnn1-c1c(C)n(C)n(-c2ccccc2)c1=O. The molecule has 0 aliphatic carbocycles. The molecule has 0 radical (unpaired) electrons. The smallest absolute Gasteiger partial charge is 0.297 e. The first-order chi connectivity index (χ1) is 16.4. The Morgan fingerprint density at radius 3 is 2.62 bits per heavy atom. The van der Waals surface area contributed by atoms with Gasteiger partial charge in [-0.1, -0.05) is 42.1 Å². The van der Waals surface area contributed by atoms with Crippen LogP contribution in [0.2, 0.25) is 0 Å². The Bertz CT molecular complexity index is 1360. The predicted molar refractivity (Wildman–Crippen MR) is 127 cm³/mol. The van der Waals surface area contributed by atoms with Crippen LogP contribution in [0.5, 0.6) is 0 Å². The van der Waals surface area contributed by atoms with Crippen LogP contribution < -0.4 is 5.56 Å². The molecular weight excluding hydrogens is 457 g/mol. The largest absolute Gasteiger partial charge is 0.338 e. The van der Waals surface area contributed by atoms with Crippen molar-refractivity contribution < 1.29 is 9.18 Å². The average molecular weight is 482 g/mol. The first kappa shape index (κ1) is 23.4. The van der Waals surface area contributed by atoms with E-state index in [2.05, 4.69) is 15.5 Å². The maximum Gasteiger partial charge on any atom is 0.297 e. The van der Waals surface area contributed by atoms with Crippen LogP contribution in [0.4, 0.5) is 4.39 Å². The van der Waals surface area contributed by atoms with Gasteiger partial charge >= 0.3 is 0 Å². The third kappa shape index (κ3) is 4.65. The molecule has 4 rings (SSSR count). The molecular formula is C23H24FN7O2S. The minimum Gasteiger partial charge on any atom is -0.338 e. The topological polar surface area (TPSA) is 90.8 Å². The van der Waals surface area contributed by atoms with Crippen LogP contribution in [0.25, 0.3) is 11.4 Å². The summed E-state index contributed by atoms with van der Waals surface area (Å²) in [6, 6.07) is 15.5. The Balaban J connectivity index is 1.55. The van der Waals surface area contributed by atoms with Gasteiger partial charge in [0.2, 0.25) is 11.1 Å². The summed E-state index contributed by atoms with van der Waals surface area (Å²) in [6.45, 7) is 4.46. The second kappa shape index (κ2) is 10.0. The van der Waals surface area contributed by atoms with E-state index in [4.69, 9.17) is 0 Å². The molecule has 4 aromatic rings. The lowest BCUT2D eigenvalue weighted by Gasteiger charge is -2.20. The lowest BCUT2D eigenvalue weighted by Crippen LogP contribution is -2.31. The fraction of sp³-hybridized carbons (Fsp3) is 0.261. The zero-order chi connectivity index (χ0) is 24.2. The normalized spacial score (nSPS) is 11.1. The molecule has 0 aliphatic rings. The Hall–Kier alpha value is -3.73. The second-order valence-corrected chi connectivity index (χ2v) is 8.55. The molecule has 176 valence electrons. The number of hydrogen-bond acceptors (Lipinski definition) is 6. The summed E-state index contributed by atoms with van der Waals surface area (Å²) in [5, 5.41) is 12.1. The van der Waals surface area contributed by atoms with Crippen LogP contribution in [-0.4, -0.2) is 52.7 Å². The number of carbonyl (C=O) groups excluding carboxylic acids is 1. The van der Waals surface area contributed by atoms with Gasteiger partial charge in [0.05, 0.1) is 17.1 Å². The summed E-state index contributed by atoms with van der Waals surface area (Å²) in [6.07, 6.45) is 0. The summed E-state index contributed by atoms with van der Waals surface area (Å²) in [5.74, 6) is -0.408. The van der Waals surface area contributed by atoms with Gasteiger partial charge in [-0.2, -0.15) is 4.68 Å². The van der Waals surface area contributed by atoms with Crippen molar-refractivity contribution in [3.8, 4) is 11.4 Å². The molecule has 0 spiro atoms. The third-order valence-electron chi connectivity index (χ3n) is 5.50. The first-order valence-corrected chi connectivity index (χ1v) is 11.7. The molecule has 0 bridgehead atoms. The van der Waals surface area contributed by atoms with Gasteiger partial charge < -0.3 is 4.90 Å². The van der Waals surface area contributed by atoms with E-state index in [0.29, 0.717) is 35.2 Å². The summed E-state index contributed by atoms with van der Waals surface area (Å²) in [7, 11) is 1.79. The van der Waals surface area contributed by atoms with Gasteiger partial charge in [-0.25, -0.2) is 9.07 Å². The van der Waals surface area contributed by atoms with Crippen molar-refractivity contribution in [2.45, 2.75) is 25.5 Å². The molecule has 34 heavy (non-hydrogen) atoms. The number of rotatable bonds is 8.